The summed E-state index contributed by atoms with van der Waals surface area (Å²) in [7, 11) is 0. The molecule has 70 valence electrons. The molecule has 2 saturated carbocycles. The smallest absolute Gasteiger partial charge is 0.0706 e. The van der Waals surface area contributed by atoms with Crippen molar-refractivity contribution in [2.75, 3.05) is 0 Å². The van der Waals surface area contributed by atoms with Gasteiger partial charge < -0.3 is 5.11 Å². The van der Waals surface area contributed by atoms with E-state index in [-0.39, 0.29) is 5.60 Å². The standard InChI is InChI=1S/C11H20O/c1-8-6-10(2,3)7-11(8,12)9-4-5-9/h8-9,12H,4-7H2,1-3H3. The maximum atomic E-state index is 10.4. The Morgan fingerprint density at radius 1 is 1.25 bits per heavy atom. The molecule has 1 nitrogen and oxygen atoms in total. The van der Waals surface area contributed by atoms with E-state index >= 15 is 0 Å². The van der Waals surface area contributed by atoms with Gasteiger partial charge in [-0.3, -0.25) is 0 Å². The molecule has 2 rings (SSSR count). The molecule has 2 atom stereocenters. The highest BCUT2D eigenvalue weighted by Gasteiger charge is 2.54. The second-order valence-electron chi connectivity index (χ2n) is 5.71. The highest BCUT2D eigenvalue weighted by Crippen LogP contribution is 2.56. The van der Waals surface area contributed by atoms with Crippen LogP contribution >= 0.6 is 0 Å². The van der Waals surface area contributed by atoms with E-state index in [1.54, 1.807) is 0 Å². The third-order valence-electron chi connectivity index (χ3n) is 3.76. The van der Waals surface area contributed by atoms with Crippen molar-refractivity contribution in [2.24, 2.45) is 17.3 Å². The van der Waals surface area contributed by atoms with E-state index < -0.39 is 0 Å². The normalized spacial score (nSPS) is 46.5. The molecule has 0 saturated heterocycles. The minimum Gasteiger partial charge on any atom is -0.389 e. The summed E-state index contributed by atoms with van der Waals surface area (Å²) in [5.74, 6) is 1.15. The van der Waals surface area contributed by atoms with Gasteiger partial charge in [-0.15, -0.1) is 0 Å². The average Bonchev–Trinajstić information content (AvgIpc) is 2.61. The van der Waals surface area contributed by atoms with Crippen LogP contribution in [0, 0.1) is 17.3 Å². The van der Waals surface area contributed by atoms with Gasteiger partial charge in [0.25, 0.3) is 0 Å². The predicted molar refractivity (Wildman–Crippen MR) is 49.9 cm³/mol. The second kappa shape index (κ2) is 2.25. The van der Waals surface area contributed by atoms with Gasteiger partial charge in [-0.05, 0) is 42.9 Å². The molecule has 2 unspecified atom stereocenters. The molecular weight excluding hydrogens is 148 g/mol. The fraction of sp³-hybridized carbons (Fsp3) is 1.00. The fourth-order valence-electron chi connectivity index (χ4n) is 3.15. The van der Waals surface area contributed by atoms with Crippen LogP contribution in [0.2, 0.25) is 0 Å². The van der Waals surface area contributed by atoms with Crippen LogP contribution in [-0.4, -0.2) is 10.7 Å². The molecule has 0 radical (unpaired) electrons. The van der Waals surface area contributed by atoms with Gasteiger partial charge in [0, 0.05) is 0 Å². The molecule has 2 aliphatic rings. The largest absolute Gasteiger partial charge is 0.389 e. The Hall–Kier alpha value is -0.0400. The molecule has 0 amide bonds. The van der Waals surface area contributed by atoms with Crippen molar-refractivity contribution in [3.63, 3.8) is 0 Å². The van der Waals surface area contributed by atoms with Gasteiger partial charge >= 0.3 is 0 Å². The van der Waals surface area contributed by atoms with Crippen LogP contribution in [0.3, 0.4) is 0 Å². The van der Waals surface area contributed by atoms with Crippen molar-refractivity contribution in [1.29, 1.82) is 0 Å². The molecule has 0 aromatic heterocycles. The molecule has 0 spiro atoms. The zero-order chi connectivity index (χ0) is 8.98. The quantitative estimate of drug-likeness (QED) is 0.638. The fourth-order valence-corrected chi connectivity index (χ4v) is 3.15. The SMILES string of the molecule is CC1CC(C)(C)CC1(O)C1CC1. The highest BCUT2D eigenvalue weighted by atomic mass is 16.3. The van der Waals surface area contributed by atoms with Crippen LogP contribution in [0.5, 0.6) is 0 Å². The first-order valence-electron chi connectivity index (χ1n) is 5.16. The van der Waals surface area contributed by atoms with Gasteiger partial charge in [-0.1, -0.05) is 20.8 Å². The third-order valence-corrected chi connectivity index (χ3v) is 3.76. The average molecular weight is 168 g/mol. The molecule has 12 heavy (non-hydrogen) atoms. The molecule has 1 N–H and O–H groups in total. The topological polar surface area (TPSA) is 20.2 Å². The van der Waals surface area contributed by atoms with Crippen molar-refractivity contribution in [2.45, 2.75) is 52.1 Å². The van der Waals surface area contributed by atoms with E-state index in [9.17, 15) is 5.11 Å². The number of aliphatic hydroxyl groups is 1. The summed E-state index contributed by atoms with van der Waals surface area (Å²) in [6.07, 6.45) is 4.74. The Morgan fingerprint density at radius 3 is 2.17 bits per heavy atom. The minimum atomic E-state index is -0.302. The maximum Gasteiger partial charge on any atom is 0.0706 e. The van der Waals surface area contributed by atoms with Gasteiger partial charge in [-0.25, -0.2) is 0 Å². The Labute approximate surface area is 75.2 Å². The zero-order valence-corrected chi connectivity index (χ0v) is 8.43. The summed E-state index contributed by atoms with van der Waals surface area (Å²) in [5.41, 5.74) is 0.0697. The van der Waals surface area contributed by atoms with Gasteiger partial charge in [0.2, 0.25) is 0 Å². The molecule has 0 aliphatic heterocycles. The monoisotopic (exact) mass is 168 g/mol. The third kappa shape index (κ3) is 1.19. The molecule has 2 fully saturated rings. The lowest BCUT2D eigenvalue weighted by Crippen LogP contribution is -2.34. The van der Waals surface area contributed by atoms with Crippen molar-refractivity contribution >= 4 is 0 Å². The Balaban J connectivity index is 2.16. The molecule has 2 aliphatic carbocycles. The van der Waals surface area contributed by atoms with Gasteiger partial charge in [-0.2, -0.15) is 0 Å². The van der Waals surface area contributed by atoms with E-state index in [2.05, 4.69) is 20.8 Å². The van der Waals surface area contributed by atoms with Gasteiger partial charge in [0.05, 0.1) is 5.60 Å². The van der Waals surface area contributed by atoms with Crippen LogP contribution in [0.1, 0.15) is 46.5 Å². The maximum absolute atomic E-state index is 10.4. The van der Waals surface area contributed by atoms with Crippen LogP contribution in [0.25, 0.3) is 0 Å². The molecule has 0 aromatic carbocycles. The Kier molecular flexibility index (Phi) is 1.61. The van der Waals surface area contributed by atoms with Gasteiger partial charge in [0.1, 0.15) is 0 Å². The molecule has 0 aromatic rings. The number of hydrogen-bond donors (Lipinski definition) is 1. The van der Waals surface area contributed by atoms with E-state index in [0.29, 0.717) is 17.3 Å². The first kappa shape index (κ1) is 8.55. The van der Waals surface area contributed by atoms with Crippen LogP contribution < -0.4 is 0 Å². The Morgan fingerprint density at radius 2 is 1.83 bits per heavy atom. The summed E-state index contributed by atoms with van der Waals surface area (Å²) in [4.78, 5) is 0. The van der Waals surface area contributed by atoms with E-state index in [0.717, 1.165) is 6.42 Å². The lowest BCUT2D eigenvalue weighted by Gasteiger charge is -2.28. The van der Waals surface area contributed by atoms with Crippen molar-refractivity contribution in [3.8, 4) is 0 Å². The summed E-state index contributed by atoms with van der Waals surface area (Å²) < 4.78 is 0. The van der Waals surface area contributed by atoms with Crippen LogP contribution in [0.15, 0.2) is 0 Å². The van der Waals surface area contributed by atoms with Crippen molar-refractivity contribution in [1.82, 2.24) is 0 Å². The first-order chi connectivity index (χ1) is 5.44. The van der Waals surface area contributed by atoms with E-state index in [4.69, 9.17) is 0 Å². The van der Waals surface area contributed by atoms with Crippen LogP contribution in [-0.2, 0) is 0 Å². The van der Waals surface area contributed by atoms with E-state index in [1.165, 1.54) is 19.3 Å². The van der Waals surface area contributed by atoms with Gasteiger partial charge in [0.15, 0.2) is 0 Å². The van der Waals surface area contributed by atoms with Crippen molar-refractivity contribution in [3.05, 3.63) is 0 Å². The predicted octanol–water partition coefficient (Wildman–Crippen LogP) is 2.58. The molecule has 0 heterocycles. The molecular formula is C11H20O. The zero-order valence-electron chi connectivity index (χ0n) is 8.43. The second-order valence-corrected chi connectivity index (χ2v) is 5.71. The molecule has 1 heteroatoms. The number of rotatable bonds is 1. The highest BCUT2D eigenvalue weighted by molar-refractivity contribution is 5.05. The lowest BCUT2D eigenvalue weighted by atomic mass is 9.86. The molecule has 0 bridgehead atoms. The van der Waals surface area contributed by atoms with Crippen molar-refractivity contribution < 1.29 is 5.11 Å². The first-order valence-corrected chi connectivity index (χ1v) is 5.16. The summed E-state index contributed by atoms with van der Waals surface area (Å²) in [6, 6.07) is 0. The van der Waals surface area contributed by atoms with Crippen LogP contribution in [0.4, 0.5) is 0 Å². The number of hydrogen-bond acceptors (Lipinski definition) is 1. The minimum absolute atomic E-state index is 0.302. The van der Waals surface area contributed by atoms with E-state index in [1.807, 2.05) is 0 Å². The summed E-state index contributed by atoms with van der Waals surface area (Å²) >= 11 is 0. The Bertz CT molecular complexity index is 193. The summed E-state index contributed by atoms with van der Waals surface area (Å²) in [5, 5.41) is 10.4. The lowest BCUT2D eigenvalue weighted by molar-refractivity contribution is -0.0174. The summed E-state index contributed by atoms with van der Waals surface area (Å²) in [6.45, 7) is 6.78.